The minimum Gasteiger partial charge on any atom is -0.463 e. The van der Waals surface area contributed by atoms with Gasteiger partial charge < -0.3 is 80.9 Å². The summed E-state index contributed by atoms with van der Waals surface area (Å²) < 4.78 is 84.7. The first kappa shape index (κ1) is 101. The third-order valence-electron chi connectivity index (χ3n) is 18.6. The molecule has 0 saturated heterocycles. The number of aliphatic hydroxyl groups is 1. The topological polar surface area (TPSA) is 499 Å². The number of imide groups is 2. The second-order valence-electron chi connectivity index (χ2n) is 29.8. The van der Waals surface area contributed by atoms with Crippen LogP contribution < -0.4 is 0 Å². The van der Waals surface area contributed by atoms with Crippen molar-refractivity contribution in [2.45, 2.75) is 150 Å². The Labute approximate surface area is 731 Å². The van der Waals surface area contributed by atoms with E-state index in [1.54, 1.807) is 0 Å². The van der Waals surface area contributed by atoms with Crippen LogP contribution in [0.1, 0.15) is 148 Å². The van der Waals surface area contributed by atoms with E-state index in [4.69, 9.17) is 75.8 Å². The lowest BCUT2D eigenvalue weighted by molar-refractivity contribution is -0.169. The van der Waals surface area contributed by atoms with Crippen LogP contribution in [0.15, 0.2) is 146 Å². The Morgan fingerprint density at radius 2 is 0.453 bits per heavy atom. The largest absolute Gasteiger partial charge is 0.463 e. The van der Waals surface area contributed by atoms with Crippen molar-refractivity contribution in [1.82, 2.24) is 9.80 Å². The first-order valence-corrected chi connectivity index (χ1v) is 39.5. The number of amides is 4. The molecule has 3 unspecified atom stereocenters. The monoisotopic (exact) mass is 1780 g/mol. The summed E-state index contributed by atoms with van der Waals surface area (Å²) in [5, 5.41) is 12.5. The van der Waals surface area contributed by atoms with E-state index in [1.807, 2.05) is 0 Å². The van der Waals surface area contributed by atoms with Crippen LogP contribution in [-0.2, 0) is 148 Å². The number of nitrogens with zero attached hydrogens (tertiary/aromatic N) is 2. The molecule has 3 atom stereocenters. The molecule has 1 N–H and O–H groups in total. The lowest BCUT2D eigenvalue weighted by Gasteiger charge is -2.34. The number of carbonyl (C=O) groups is 19. The Morgan fingerprint density at radius 1 is 0.266 bits per heavy atom. The van der Waals surface area contributed by atoms with Crippen molar-refractivity contribution in [2.75, 3.05) is 79.3 Å². The number of hydrogen-bond acceptors (Lipinski definition) is 36. The van der Waals surface area contributed by atoms with E-state index >= 15 is 19.2 Å². The molecule has 2 aliphatic heterocycles. The molecule has 0 aromatic heterocycles. The smallest absolute Gasteiger partial charge is 0.333 e. The van der Waals surface area contributed by atoms with Crippen LogP contribution in [0.3, 0.4) is 0 Å². The van der Waals surface area contributed by atoms with E-state index in [0.717, 1.165) is 0 Å². The fourth-order valence-corrected chi connectivity index (χ4v) is 12.1. The van der Waals surface area contributed by atoms with Crippen LogP contribution >= 0.6 is 0 Å². The lowest BCUT2D eigenvalue weighted by Crippen LogP contribution is -2.51. The third kappa shape index (κ3) is 27.8. The van der Waals surface area contributed by atoms with Crippen LogP contribution in [0.4, 0.5) is 0 Å². The van der Waals surface area contributed by atoms with Crippen LogP contribution in [0.5, 0.6) is 0 Å². The predicted octanol–water partition coefficient (Wildman–Crippen LogP) is 7.35. The minimum atomic E-state index is -1.69. The molecule has 4 amide bonds. The van der Waals surface area contributed by atoms with Crippen molar-refractivity contribution in [2.24, 2.45) is 0 Å². The molecule has 0 aliphatic carbocycles. The highest BCUT2D eigenvalue weighted by atomic mass is 16.7. The molecule has 0 bridgehead atoms. The number of carbonyl (C=O) groups excluding carboxylic acids is 19. The highest BCUT2D eigenvalue weighted by Crippen LogP contribution is 2.47. The molecular weight excluding hydrogens is 1680 g/mol. The summed E-state index contributed by atoms with van der Waals surface area (Å²) in [4.78, 5) is 255. The average molecular weight is 1780 g/mol. The third-order valence-corrected chi connectivity index (χ3v) is 18.6. The minimum absolute atomic E-state index is 0.00402. The summed E-state index contributed by atoms with van der Waals surface area (Å²) in [5.41, 5.74) is -0.361. The first-order chi connectivity index (χ1) is 60.4. The molecule has 2 aliphatic rings. The Balaban J connectivity index is 1.18. The van der Waals surface area contributed by atoms with Crippen LogP contribution in [0.25, 0.3) is 43.1 Å². The fraction of sp³-hybridized carbons (Fsp3) is 0.389. The van der Waals surface area contributed by atoms with Gasteiger partial charge in [0.2, 0.25) is 0 Å². The van der Waals surface area contributed by atoms with E-state index in [2.05, 4.69) is 52.6 Å². The zero-order valence-corrected chi connectivity index (χ0v) is 71.6. The summed E-state index contributed by atoms with van der Waals surface area (Å²) >= 11 is 0. The highest BCUT2D eigenvalue weighted by molar-refractivity contribution is 6.41. The molecule has 38 heteroatoms. The van der Waals surface area contributed by atoms with Crippen molar-refractivity contribution in [3.63, 3.8) is 0 Å². The van der Waals surface area contributed by atoms with E-state index in [1.165, 1.54) is 104 Å². The van der Waals surface area contributed by atoms with Gasteiger partial charge in [-0.3, -0.25) is 67.3 Å². The van der Waals surface area contributed by atoms with Gasteiger partial charge in [-0.15, -0.1) is 0 Å². The molecule has 128 heavy (non-hydrogen) atoms. The van der Waals surface area contributed by atoms with E-state index in [-0.39, 0.29) is 77.6 Å². The Kier molecular flexibility index (Phi) is 36.6. The first-order valence-electron chi connectivity index (χ1n) is 39.5. The molecule has 0 radical (unpaired) electrons. The Morgan fingerprint density at radius 3 is 0.641 bits per heavy atom. The standard InChI is InChI=1S/C90H96N2O36/c1-45(2)83(105)117-37-55(38-118-84(106)46(3)4)125-71(97)29-25-67(93)113-33-53(34-114-68(94)26-30-72(98)126-56(39-119-85(107)47(5)6)40-120-86(108)48(7)8)91-79(101)63-21-17-59-61-19-23-65-78-66(24-20-62(76(61)78)60-18-22-64(80(91)102)77(63)75(59)60)82(104)92(81(65)103)54(35-115-69(95)27-31-73(99)127-57(41-121-87(109)49(9)10)42-122-88(110)50(11)12)36-116-70(96)28-32-74(100)128-58(43-123-89(111)51(13)14)44-124-90(112)52(15)16/h17-24,53-58,83,105H,1,3,5,7,9,11,13,15,25-44H2,2,4,6,8,10,12,14,16H3. The summed E-state index contributed by atoms with van der Waals surface area (Å²) in [6, 6.07) is 8.22. The van der Waals surface area contributed by atoms with Gasteiger partial charge in [0.15, 0.2) is 30.7 Å². The lowest BCUT2D eigenvalue weighted by atomic mass is 9.82. The second kappa shape index (κ2) is 46.5. The average Bonchev–Trinajstić information content (AvgIpc) is 0.688. The number of esters is 15. The molecule has 682 valence electrons. The maximum Gasteiger partial charge on any atom is 0.333 e. The number of aliphatic hydroxyl groups excluding tert-OH is 1. The zero-order chi connectivity index (χ0) is 94.8. The molecule has 0 spiro atoms. The van der Waals surface area contributed by atoms with Gasteiger partial charge in [0.1, 0.15) is 84.8 Å². The number of fused-ring (bicyclic) bond motifs is 2. The van der Waals surface area contributed by atoms with Crippen molar-refractivity contribution < 1.29 is 172 Å². The van der Waals surface area contributed by atoms with Gasteiger partial charge in [-0.05, 0) is 118 Å². The molecule has 0 saturated carbocycles. The van der Waals surface area contributed by atoms with Crippen LogP contribution in [0.2, 0.25) is 0 Å². The van der Waals surface area contributed by atoms with Crippen molar-refractivity contribution in [1.29, 1.82) is 0 Å². The highest BCUT2D eigenvalue weighted by Gasteiger charge is 2.43. The van der Waals surface area contributed by atoms with Gasteiger partial charge in [-0.2, -0.15) is 0 Å². The predicted molar refractivity (Wildman–Crippen MR) is 444 cm³/mol. The number of ether oxygens (including phenoxy) is 16. The van der Waals surface area contributed by atoms with Crippen LogP contribution in [0, 0.1) is 0 Å². The van der Waals surface area contributed by atoms with E-state index in [9.17, 15) is 77.0 Å². The van der Waals surface area contributed by atoms with Crippen molar-refractivity contribution in [3.8, 4) is 0 Å². The van der Waals surface area contributed by atoms with Gasteiger partial charge in [-0.25, -0.2) is 33.6 Å². The van der Waals surface area contributed by atoms with Gasteiger partial charge in [0, 0.05) is 72.0 Å². The van der Waals surface area contributed by atoms with E-state index < -0.39 is 287 Å². The molecule has 7 rings (SSSR count). The van der Waals surface area contributed by atoms with Gasteiger partial charge in [-0.1, -0.05) is 76.9 Å². The Bertz CT molecular complexity index is 5080. The molecular formula is C90H96N2O36. The van der Waals surface area contributed by atoms with Gasteiger partial charge >= 0.3 is 89.5 Å². The number of benzene rings is 5. The Hall–Kier alpha value is -14.4. The van der Waals surface area contributed by atoms with Crippen molar-refractivity contribution in [3.05, 3.63) is 168 Å². The molecule has 0 fully saturated rings. The molecule has 2 heterocycles. The SMILES string of the molecule is C=C(C)C(=O)OCC(COC(=O)C(=C)C)OC(=O)CCC(=O)OCC(COC(=O)CCC(=O)OC(COC(=O)C(=C)C)COC(=O)C(=C)C)N1C(=O)c2ccc3c4ccc5c6c(ccc(c7ccc(c2c37)C1=O)c64)C(=O)N(C(COC(=O)CCC(=O)OC(COC(=O)C(=C)C)COC(=O)C(=C)C)COC(=O)CCC(=O)OC(COC(=O)C(=C)C)COC(O)C(=C)C)C5=O. The molecule has 5 aromatic rings. The van der Waals surface area contributed by atoms with Gasteiger partial charge in [0.05, 0.1) is 58.0 Å². The van der Waals surface area contributed by atoms with Gasteiger partial charge in [0.25, 0.3) is 23.6 Å². The molecule has 5 aromatic carbocycles. The van der Waals surface area contributed by atoms with Crippen LogP contribution in [-0.4, -0.2) is 250 Å². The normalized spacial score (nSPS) is 12.8. The van der Waals surface area contributed by atoms with Crippen molar-refractivity contribution >= 4 is 156 Å². The maximum atomic E-state index is 15.3. The summed E-state index contributed by atoms with van der Waals surface area (Å²) in [6.07, 6.45) is -12.7. The van der Waals surface area contributed by atoms with E-state index in [0.29, 0.717) is 42.1 Å². The summed E-state index contributed by atoms with van der Waals surface area (Å²) in [6.45, 7) is 30.5. The zero-order valence-electron chi connectivity index (χ0n) is 71.6. The number of rotatable bonds is 51. The second-order valence-corrected chi connectivity index (χ2v) is 29.8. The molecule has 38 nitrogen and oxygen atoms in total. The fourth-order valence-electron chi connectivity index (χ4n) is 12.1. The summed E-state index contributed by atoms with van der Waals surface area (Å²) in [7, 11) is 0. The quantitative estimate of drug-likeness (QED) is 0.00580. The summed E-state index contributed by atoms with van der Waals surface area (Å²) in [5.74, 6) is -18.9. The maximum absolute atomic E-state index is 15.3. The number of hydrogen-bond donors (Lipinski definition) is 1.